The van der Waals surface area contributed by atoms with Crippen molar-refractivity contribution in [3.05, 3.63) is 28.8 Å². The van der Waals surface area contributed by atoms with E-state index >= 15 is 0 Å². The van der Waals surface area contributed by atoms with Crippen LogP contribution in [0.4, 0.5) is 18.9 Å². The Kier molecular flexibility index (Phi) is 6.87. The number of carbonyl (C=O) groups excluding carboxylic acids is 2. The summed E-state index contributed by atoms with van der Waals surface area (Å²) in [5.41, 5.74) is -1.11. The van der Waals surface area contributed by atoms with Crippen LogP contribution in [0.1, 0.15) is 32.3 Å². The minimum Gasteiger partial charge on any atom is -0.356 e. The average Bonchev–Trinajstić information content (AvgIpc) is 2.39. The third-order valence-corrected chi connectivity index (χ3v) is 3.25. The Hall–Kier alpha value is -1.76. The van der Waals surface area contributed by atoms with Crippen LogP contribution in [0.5, 0.6) is 0 Å². The van der Waals surface area contributed by atoms with E-state index in [1.165, 1.54) is 6.07 Å². The van der Waals surface area contributed by atoms with E-state index in [1.54, 1.807) is 0 Å². The second kappa shape index (κ2) is 8.19. The molecule has 0 aliphatic carbocycles. The summed E-state index contributed by atoms with van der Waals surface area (Å²) in [6.07, 6.45) is -4.30. The highest BCUT2D eigenvalue weighted by Gasteiger charge is 2.33. The van der Waals surface area contributed by atoms with Crippen molar-refractivity contribution in [2.45, 2.75) is 32.9 Å². The van der Waals surface area contributed by atoms with Crippen LogP contribution in [0, 0.1) is 5.92 Å². The van der Waals surface area contributed by atoms with Crippen molar-refractivity contribution < 1.29 is 22.8 Å². The van der Waals surface area contributed by atoms with Crippen LogP contribution in [-0.2, 0) is 15.8 Å². The summed E-state index contributed by atoms with van der Waals surface area (Å²) in [7, 11) is 0. The molecule has 8 heteroatoms. The number of halogens is 4. The lowest BCUT2D eigenvalue weighted by atomic mass is 10.1. The molecule has 0 spiro atoms. The van der Waals surface area contributed by atoms with Crippen LogP contribution in [0.15, 0.2) is 18.2 Å². The van der Waals surface area contributed by atoms with E-state index in [-0.39, 0.29) is 5.69 Å². The van der Waals surface area contributed by atoms with Gasteiger partial charge in [-0.3, -0.25) is 9.59 Å². The van der Waals surface area contributed by atoms with E-state index in [9.17, 15) is 22.8 Å². The summed E-state index contributed by atoms with van der Waals surface area (Å²) < 4.78 is 38.2. The number of anilines is 1. The Morgan fingerprint density at radius 3 is 2.43 bits per heavy atom. The normalized spacial score (nSPS) is 11.4. The van der Waals surface area contributed by atoms with E-state index in [0.717, 1.165) is 18.6 Å². The Morgan fingerprint density at radius 2 is 1.87 bits per heavy atom. The smallest absolute Gasteiger partial charge is 0.356 e. The van der Waals surface area contributed by atoms with Gasteiger partial charge in [-0.25, -0.2) is 0 Å². The maximum atomic E-state index is 12.7. The van der Waals surface area contributed by atoms with Gasteiger partial charge in [-0.15, -0.1) is 0 Å². The molecule has 2 amide bonds. The summed E-state index contributed by atoms with van der Waals surface area (Å²) in [6, 6.07) is 3.02. The standard InChI is InChI=1S/C15H18ClF3N2O2/c1-9(2)5-6-20-13(22)8-14(23)21-10-3-4-12(16)11(7-10)15(17,18)19/h3-4,7,9H,5-6,8H2,1-2H3,(H,20,22)(H,21,23). The first-order valence-electron chi connectivity index (χ1n) is 7.03. The molecule has 4 nitrogen and oxygen atoms in total. The number of rotatable bonds is 6. The number of benzene rings is 1. The highest BCUT2D eigenvalue weighted by Crippen LogP contribution is 2.36. The molecule has 0 bridgehead atoms. The Bertz CT molecular complexity index is 574. The van der Waals surface area contributed by atoms with Crippen LogP contribution in [0.3, 0.4) is 0 Å². The molecule has 0 saturated carbocycles. The third-order valence-electron chi connectivity index (χ3n) is 2.92. The molecule has 1 rings (SSSR count). The molecule has 0 aliphatic rings. The van der Waals surface area contributed by atoms with Crippen molar-refractivity contribution in [2.75, 3.05) is 11.9 Å². The molecule has 0 aliphatic heterocycles. The van der Waals surface area contributed by atoms with Crippen molar-refractivity contribution in [3.63, 3.8) is 0 Å². The van der Waals surface area contributed by atoms with E-state index in [4.69, 9.17) is 11.6 Å². The second-order valence-electron chi connectivity index (χ2n) is 5.45. The maximum absolute atomic E-state index is 12.7. The monoisotopic (exact) mass is 350 g/mol. The van der Waals surface area contributed by atoms with Crippen LogP contribution in [-0.4, -0.2) is 18.4 Å². The Morgan fingerprint density at radius 1 is 1.22 bits per heavy atom. The SMILES string of the molecule is CC(C)CCNC(=O)CC(=O)Nc1ccc(Cl)c(C(F)(F)F)c1. The van der Waals surface area contributed by atoms with Crippen LogP contribution in [0.25, 0.3) is 0 Å². The van der Waals surface area contributed by atoms with Crippen LogP contribution in [0.2, 0.25) is 5.02 Å². The molecule has 0 heterocycles. The summed E-state index contributed by atoms with van der Waals surface area (Å²) in [6.45, 7) is 4.44. The van der Waals surface area contributed by atoms with Gasteiger partial charge in [0.05, 0.1) is 10.6 Å². The lowest BCUT2D eigenvalue weighted by Gasteiger charge is -2.12. The highest BCUT2D eigenvalue weighted by molar-refractivity contribution is 6.31. The van der Waals surface area contributed by atoms with Crippen LogP contribution >= 0.6 is 11.6 Å². The maximum Gasteiger partial charge on any atom is 0.417 e. The highest BCUT2D eigenvalue weighted by atomic mass is 35.5. The predicted molar refractivity (Wildman–Crippen MR) is 82.2 cm³/mol. The summed E-state index contributed by atoms with van der Waals surface area (Å²) in [5.74, 6) is -0.755. The van der Waals surface area contributed by atoms with Crippen molar-refractivity contribution in [1.82, 2.24) is 5.32 Å². The Balaban J connectivity index is 2.59. The van der Waals surface area contributed by atoms with Gasteiger partial charge in [0.1, 0.15) is 6.42 Å². The third kappa shape index (κ3) is 6.90. The number of alkyl halides is 3. The van der Waals surface area contributed by atoms with Gasteiger partial charge in [-0.2, -0.15) is 13.2 Å². The summed E-state index contributed by atoms with van der Waals surface area (Å²) in [5, 5.41) is 4.37. The van der Waals surface area contributed by atoms with Gasteiger partial charge in [-0.1, -0.05) is 25.4 Å². The molecular weight excluding hydrogens is 333 g/mol. The number of hydrogen-bond acceptors (Lipinski definition) is 2. The van der Waals surface area contributed by atoms with Gasteiger partial charge in [-0.05, 0) is 30.5 Å². The van der Waals surface area contributed by atoms with E-state index in [0.29, 0.717) is 12.5 Å². The first kappa shape index (κ1) is 19.3. The van der Waals surface area contributed by atoms with Crippen molar-refractivity contribution in [3.8, 4) is 0 Å². The average molecular weight is 351 g/mol. The molecule has 1 aromatic rings. The molecule has 0 radical (unpaired) electrons. The van der Waals surface area contributed by atoms with E-state index < -0.39 is 35.0 Å². The van der Waals surface area contributed by atoms with Crippen molar-refractivity contribution >= 4 is 29.1 Å². The lowest BCUT2D eigenvalue weighted by Crippen LogP contribution is -2.29. The first-order valence-corrected chi connectivity index (χ1v) is 7.40. The first-order chi connectivity index (χ1) is 10.6. The van der Waals surface area contributed by atoms with Crippen molar-refractivity contribution in [1.29, 1.82) is 0 Å². The number of nitrogens with one attached hydrogen (secondary N) is 2. The lowest BCUT2D eigenvalue weighted by molar-refractivity contribution is -0.137. The van der Waals surface area contributed by atoms with Gasteiger partial charge in [0.2, 0.25) is 11.8 Å². The number of carbonyl (C=O) groups is 2. The van der Waals surface area contributed by atoms with Gasteiger partial charge in [0.25, 0.3) is 0 Å². The zero-order valence-corrected chi connectivity index (χ0v) is 13.5. The van der Waals surface area contributed by atoms with Gasteiger partial charge < -0.3 is 10.6 Å². The van der Waals surface area contributed by atoms with Gasteiger partial charge in [0, 0.05) is 12.2 Å². The molecule has 0 saturated heterocycles. The van der Waals surface area contributed by atoms with Crippen molar-refractivity contribution in [2.24, 2.45) is 5.92 Å². The second-order valence-corrected chi connectivity index (χ2v) is 5.86. The molecule has 23 heavy (non-hydrogen) atoms. The molecular formula is C15H18ClF3N2O2. The molecule has 0 atom stereocenters. The summed E-state index contributed by atoms with van der Waals surface area (Å²) in [4.78, 5) is 23.2. The predicted octanol–water partition coefficient (Wildman–Crippen LogP) is 3.85. The zero-order valence-electron chi connectivity index (χ0n) is 12.8. The summed E-state index contributed by atoms with van der Waals surface area (Å²) >= 11 is 5.49. The fourth-order valence-corrected chi connectivity index (χ4v) is 1.96. The molecule has 0 fully saturated rings. The quantitative estimate of drug-likeness (QED) is 0.766. The molecule has 128 valence electrons. The minimum absolute atomic E-state index is 0.0679. The minimum atomic E-state index is -4.62. The fourth-order valence-electron chi connectivity index (χ4n) is 1.73. The fraction of sp³-hybridized carbons (Fsp3) is 0.467. The van der Waals surface area contributed by atoms with E-state index in [2.05, 4.69) is 10.6 Å². The van der Waals surface area contributed by atoms with Gasteiger partial charge >= 0.3 is 6.18 Å². The van der Waals surface area contributed by atoms with Crippen LogP contribution < -0.4 is 10.6 Å². The number of hydrogen-bond donors (Lipinski definition) is 2. The molecule has 2 N–H and O–H groups in total. The molecule has 0 aromatic heterocycles. The largest absolute Gasteiger partial charge is 0.417 e. The number of amides is 2. The zero-order chi connectivity index (χ0) is 17.6. The van der Waals surface area contributed by atoms with Gasteiger partial charge in [0.15, 0.2) is 0 Å². The molecule has 1 aromatic carbocycles. The molecule has 0 unspecified atom stereocenters. The van der Waals surface area contributed by atoms with E-state index in [1.807, 2.05) is 13.8 Å². The Labute approximate surface area is 137 Å². The topological polar surface area (TPSA) is 58.2 Å².